The molecule has 1 aromatic rings. The zero-order valence-electron chi connectivity index (χ0n) is 11.7. The van der Waals surface area contributed by atoms with Gasteiger partial charge in [-0.25, -0.2) is 4.79 Å². The van der Waals surface area contributed by atoms with Crippen molar-refractivity contribution < 1.29 is 4.79 Å². The summed E-state index contributed by atoms with van der Waals surface area (Å²) in [5.74, 6) is 0. The van der Waals surface area contributed by atoms with E-state index in [1.807, 2.05) is 24.3 Å². The number of hydrogen-bond donors (Lipinski definition) is 2. The smallest absolute Gasteiger partial charge is 0.314 e. The molecule has 5 heteroatoms. The van der Waals surface area contributed by atoms with E-state index in [0.29, 0.717) is 24.7 Å². The van der Waals surface area contributed by atoms with Gasteiger partial charge in [0, 0.05) is 25.2 Å². The molecule has 1 aliphatic heterocycles. The largest absolute Gasteiger partial charge is 0.351 e. The zero-order chi connectivity index (χ0) is 14.5. The Bertz CT molecular complexity index is 498. The van der Waals surface area contributed by atoms with Gasteiger partial charge >= 0.3 is 6.03 Å². The molecule has 1 aliphatic rings. The molecule has 0 aliphatic carbocycles. The Labute approximate surface area is 119 Å². The number of benzene rings is 1. The second-order valence-corrected chi connectivity index (χ2v) is 5.22. The summed E-state index contributed by atoms with van der Waals surface area (Å²) < 4.78 is 0. The van der Waals surface area contributed by atoms with Gasteiger partial charge in [0.2, 0.25) is 0 Å². The Morgan fingerprint density at radius 2 is 2.00 bits per heavy atom. The fourth-order valence-corrected chi connectivity index (χ4v) is 2.56. The first-order valence-electron chi connectivity index (χ1n) is 6.90. The molecule has 1 aromatic carbocycles. The lowest BCUT2D eigenvalue weighted by molar-refractivity contribution is 0.183. The van der Waals surface area contributed by atoms with E-state index in [1.165, 1.54) is 5.56 Å². The molecular formula is C15H20N4O. The van der Waals surface area contributed by atoms with E-state index in [-0.39, 0.29) is 12.1 Å². The minimum Gasteiger partial charge on any atom is -0.351 e. The van der Waals surface area contributed by atoms with E-state index in [0.717, 1.165) is 12.8 Å². The summed E-state index contributed by atoms with van der Waals surface area (Å²) in [5, 5.41) is 12.4. The van der Waals surface area contributed by atoms with Gasteiger partial charge in [0.15, 0.2) is 0 Å². The summed E-state index contributed by atoms with van der Waals surface area (Å²) in [6, 6.07) is 10.1. The van der Waals surface area contributed by atoms with Gasteiger partial charge in [0.1, 0.15) is 0 Å². The Hall–Kier alpha value is -2.06. The third kappa shape index (κ3) is 3.49. The normalized spacial score (nSPS) is 17.5. The molecule has 20 heavy (non-hydrogen) atoms. The van der Waals surface area contributed by atoms with Crippen molar-refractivity contribution in [1.82, 2.24) is 10.2 Å². The second-order valence-electron chi connectivity index (χ2n) is 5.22. The summed E-state index contributed by atoms with van der Waals surface area (Å²) in [6.45, 7) is 3.54. The molecular weight excluding hydrogens is 252 g/mol. The van der Waals surface area contributed by atoms with E-state index < -0.39 is 0 Å². The molecule has 2 amide bonds. The SMILES string of the molecule is CC(NC1CCN(C(N)=O)CC1)c1ccc(C#N)cc1. The highest BCUT2D eigenvalue weighted by Crippen LogP contribution is 2.17. The van der Waals surface area contributed by atoms with Crippen LogP contribution in [-0.2, 0) is 0 Å². The summed E-state index contributed by atoms with van der Waals surface area (Å²) >= 11 is 0. The van der Waals surface area contributed by atoms with Gasteiger partial charge in [-0.05, 0) is 37.5 Å². The number of nitrogens with zero attached hydrogens (tertiary/aromatic N) is 2. The molecule has 3 N–H and O–H groups in total. The van der Waals surface area contributed by atoms with Crippen LogP contribution in [0.4, 0.5) is 4.79 Å². The number of nitrogens with one attached hydrogen (secondary N) is 1. The number of amides is 2. The van der Waals surface area contributed by atoms with Crippen LogP contribution in [0.3, 0.4) is 0 Å². The Balaban J connectivity index is 1.87. The summed E-state index contributed by atoms with van der Waals surface area (Å²) in [6.07, 6.45) is 1.84. The standard InChI is InChI=1S/C15H20N4O/c1-11(13-4-2-12(10-16)3-5-13)18-14-6-8-19(9-7-14)15(17)20/h2-5,11,14,18H,6-9H2,1H3,(H2,17,20). The van der Waals surface area contributed by atoms with Crippen molar-refractivity contribution in [1.29, 1.82) is 5.26 Å². The van der Waals surface area contributed by atoms with Gasteiger partial charge in [-0.3, -0.25) is 0 Å². The molecule has 2 rings (SSSR count). The average molecular weight is 272 g/mol. The van der Waals surface area contributed by atoms with Gasteiger partial charge in [-0.2, -0.15) is 5.26 Å². The lowest BCUT2D eigenvalue weighted by Gasteiger charge is -2.33. The van der Waals surface area contributed by atoms with Crippen LogP contribution in [0.1, 0.15) is 36.9 Å². The van der Waals surface area contributed by atoms with E-state index in [9.17, 15) is 4.79 Å². The fourth-order valence-electron chi connectivity index (χ4n) is 2.56. The number of hydrogen-bond acceptors (Lipinski definition) is 3. The number of urea groups is 1. The van der Waals surface area contributed by atoms with E-state index in [1.54, 1.807) is 4.90 Å². The van der Waals surface area contributed by atoms with Crippen molar-refractivity contribution in [2.75, 3.05) is 13.1 Å². The molecule has 0 bridgehead atoms. The highest BCUT2D eigenvalue weighted by molar-refractivity contribution is 5.72. The molecule has 1 unspecified atom stereocenters. The minimum atomic E-state index is -0.330. The van der Waals surface area contributed by atoms with Crippen molar-refractivity contribution in [3.63, 3.8) is 0 Å². The maximum absolute atomic E-state index is 11.1. The van der Waals surface area contributed by atoms with Gasteiger partial charge in [-0.1, -0.05) is 12.1 Å². The van der Waals surface area contributed by atoms with Crippen molar-refractivity contribution in [2.45, 2.75) is 31.8 Å². The predicted molar refractivity (Wildman–Crippen MR) is 76.9 cm³/mol. The van der Waals surface area contributed by atoms with Crippen molar-refractivity contribution in [2.24, 2.45) is 5.73 Å². The van der Waals surface area contributed by atoms with Crippen LogP contribution in [0.15, 0.2) is 24.3 Å². The van der Waals surface area contributed by atoms with E-state index in [2.05, 4.69) is 18.3 Å². The summed E-state index contributed by atoms with van der Waals surface area (Å²) in [5.41, 5.74) is 7.12. The number of primary amides is 1. The zero-order valence-corrected chi connectivity index (χ0v) is 11.7. The number of carbonyl (C=O) groups is 1. The highest BCUT2D eigenvalue weighted by atomic mass is 16.2. The minimum absolute atomic E-state index is 0.230. The third-order valence-electron chi connectivity index (χ3n) is 3.83. The molecule has 0 radical (unpaired) electrons. The number of nitriles is 1. The van der Waals surface area contributed by atoms with Gasteiger partial charge < -0.3 is 16.0 Å². The van der Waals surface area contributed by atoms with Gasteiger partial charge in [-0.15, -0.1) is 0 Å². The van der Waals surface area contributed by atoms with Crippen molar-refractivity contribution in [3.8, 4) is 6.07 Å². The highest BCUT2D eigenvalue weighted by Gasteiger charge is 2.22. The van der Waals surface area contributed by atoms with Gasteiger partial charge in [0.05, 0.1) is 11.6 Å². The van der Waals surface area contributed by atoms with Crippen LogP contribution >= 0.6 is 0 Å². The maximum atomic E-state index is 11.1. The Morgan fingerprint density at radius 3 is 2.50 bits per heavy atom. The number of carbonyl (C=O) groups excluding carboxylic acids is 1. The summed E-state index contributed by atoms with van der Waals surface area (Å²) in [7, 11) is 0. The summed E-state index contributed by atoms with van der Waals surface area (Å²) in [4.78, 5) is 12.8. The first kappa shape index (κ1) is 14.4. The lowest BCUT2D eigenvalue weighted by atomic mass is 10.0. The molecule has 1 atom stereocenters. The van der Waals surface area contributed by atoms with Crippen LogP contribution in [-0.4, -0.2) is 30.1 Å². The number of piperidine rings is 1. The van der Waals surface area contributed by atoms with Crippen LogP contribution in [0.25, 0.3) is 0 Å². The monoisotopic (exact) mass is 272 g/mol. The molecule has 0 aromatic heterocycles. The van der Waals surface area contributed by atoms with E-state index >= 15 is 0 Å². The van der Waals surface area contributed by atoms with Gasteiger partial charge in [0.25, 0.3) is 0 Å². The number of nitrogens with two attached hydrogens (primary N) is 1. The van der Waals surface area contributed by atoms with E-state index in [4.69, 9.17) is 11.0 Å². The fraction of sp³-hybridized carbons (Fsp3) is 0.467. The molecule has 106 valence electrons. The topological polar surface area (TPSA) is 82.2 Å². The van der Waals surface area contributed by atoms with Crippen LogP contribution in [0.5, 0.6) is 0 Å². The average Bonchev–Trinajstić information content (AvgIpc) is 2.48. The molecule has 0 saturated carbocycles. The Morgan fingerprint density at radius 1 is 1.40 bits per heavy atom. The first-order valence-corrected chi connectivity index (χ1v) is 6.90. The molecule has 0 spiro atoms. The quantitative estimate of drug-likeness (QED) is 0.879. The van der Waals surface area contributed by atoms with Crippen molar-refractivity contribution >= 4 is 6.03 Å². The molecule has 1 saturated heterocycles. The van der Waals surface area contributed by atoms with Crippen molar-refractivity contribution in [3.05, 3.63) is 35.4 Å². The van der Waals surface area contributed by atoms with Crippen LogP contribution in [0.2, 0.25) is 0 Å². The Kier molecular flexibility index (Phi) is 4.59. The molecule has 1 heterocycles. The third-order valence-corrected chi connectivity index (χ3v) is 3.83. The number of rotatable bonds is 3. The molecule has 5 nitrogen and oxygen atoms in total. The predicted octanol–water partition coefficient (Wildman–Crippen LogP) is 1.75. The first-order chi connectivity index (χ1) is 9.60. The maximum Gasteiger partial charge on any atom is 0.314 e. The molecule has 1 fully saturated rings. The second kappa shape index (κ2) is 6.40. The lowest BCUT2D eigenvalue weighted by Crippen LogP contribution is -2.47. The van der Waals surface area contributed by atoms with Crippen LogP contribution < -0.4 is 11.1 Å². The van der Waals surface area contributed by atoms with Crippen LogP contribution in [0, 0.1) is 11.3 Å². The number of likely N-dealkylation sites (tertiary alicyclic amines) is 1.